The monoisotopic (exact) mass is 269 g/mol. The van der Waals surface area contributed by atoms with Gasteiger partial charge in [-0.15, -0.1) is 0 Å². The SMILES string of the molecule is CCN(c1ccc(C(C)NC)nc1)c1cccc(C)c1. The number of nitrogens with zero attached hydrogens (tertiary/aromatic N) is 2. The Morgan fingerprint density at radius 2 is 2.00 bits per heavy atom. The van der Waals surface area contributed by atoms with Gasteiger partial charge in [0.05, 0.1) is 17.6 Å². The second kappa shape index (κ2) is 6.53. The molecule has 20 heavy (non-hydrogen) atoms. The lowest BCUT2D eigenvalue weighted by Crippen LogP contribution is -2.17. The third kappa shape index (κ3) is 3.17. The van der Waals surface area contributed by atoms with E-state index in [9.17, 15) is 0 Å². The van der Waals surface area contributed by atoms with Crippen LogP contribution in [0.25, 0.3) is 0 Å². The lowest BCUT2D eigenvalue weighted by Gasteiger charge is -2.24. The zero-order valence-electron chi connectivity index (χ0n) is 12.7. The van der Waals surface area contributed by atoms with Crippen LogP contribution < -0.4 is 10.2 Å². The minimum Gasteiger partial charge on any atom is -0.341 e. The molecule has 2 aromatic rings. The topological polar surface area (TPSA) is 28.2 Å². The first kappa shape index (κ1) is 14.5. The molecule has 0 spiro atoms. The number of nitrogens with one attached hydrogen (secondary N) is 1. The molecule has 0 aliphatic heterocycles. The van der Waals surface area contributed by atoms with Crippen LogP contribution in [-0.2, 0) is 0 Å². The molecule has 2 rings (SSSR count). The number of aryl methyl sites for hydroxylation is 1. The summed E-state index contributed by atoms with van der Waals surface area (Å²) in [5.41, 5.74) is 4.68. The molecular weight excluding hydrogens is 246 g/mol. The summed E-state index contributed by atoms with van der Waals surface area (Å²) in [6.45, 7) is 7.31. The molecule has 1 heterocycles. The average Bonchev–Trinajstić information content (AvgIpc) is 2.48. The average molecular weight is 269 g/mol. The molecule has 3 heteroatoms. The van der Waals surface area contributed by atoms with Crippen LogP contribution in [0.4, 0.5) is 11.4 Å². The van der Waals surface area contributed by atoms with Gasteiger partial charge in [0.25, 0.3) is 0 Å². The molecule has 0 radical (unpaired) electrons. The molecule has 0 saturated heterocycles. The number of hydrogen-bond donors (Lipinski definition) is 1. The number of hydrogen-bond acceptors (Lipinski definition) is 3. The van der Waals surface area contributed by atoms with Crippen molar-refractivity contribution in [2.45, 2.75) is 26.8 Å². The first-order valence-corrected chi connectivity index (χ1v) is 7.13. The lowest BCUT2D eigenvalue weighted by molar-refractivity contribution is 0.633. The number of rotatable bonds is 5. The van der Waals surface area contributed by atoms with Crippen molar-refractivity contribution in [1.29, 1.82) is 0 Å². The molecule has 0 aliphatic carbocycles. The zero-order chi connectivity index (χ0) is 14.5. The van der Waals surface area contributed by atoms with Gasteiger partial charge < -0.3 is 10.2 Å². The van der Waals surface area contributed by atoms with Crippen LogP contribution in [0.3, 0.4) is 0 Å². The van der Waals surface area contributed by atoms with E-state index in [1.807, 2.05) is 13.2 Å². The van der Waals surface area contributed by atoms with Gasteiger partial charge in [-0.1, -0.05) is 12.1 Å². The van der Waals surface area contributed by atoms with Crippen molar-refractivity contribution < 1.29 is 0 Å². The summed E-state index contributed by atoms with van der Waals surface area (Å²) >= 11 is 0. The summed E-state index contributed by atoms with van der Waals surface area (Å²) < 4.78 is 0. The summed E-state index contributed by atoms with van der Waals surface area (Å²) in [6, 6.07) is 13.1. The van der Waals surface area contributed by atoms with Crippen LogP contribution in [0, 0.1) is 6.92 Å². The molecule has 0 aliphatic rings. The molecule has 0 fully saturated rings. The summed E-state index contributed by atoms with van der Waals surface area (Å²) in [6.07, 6.45) is 1.95. The Hall–Kier alpha value is -1.87. The van der Waals surface area contributed by atoms with Gasteiger partial charge in [0.2, 0.25) is 0 Å². The van der Waals surface area contributed by atoms with Gasteiger partial charge in [-0.2, -0.15) is 0 Å². The van der Waals surface area contributed by atoms with Gasteiger partial charge in [-0.05, 0) is 57.6 Å². The highest BCUT2D eigenvalue weighted by Gasteiger charge is 2.09. The van der Waals surface area contributed by atoms with Crippen molar-refractivity contribution in [3.05, 3.63) is 53.9 Å². The maximum atomic E-state index is 4.56. The Bertz CT molecular complexity index is 548. The highest BCUT2D eigenvalue weighted by Crippen LogP contribution is 2.25. The first-order chi connectivity index (χ1) is 9.65. The fourth-order valence-electron chi connectivity index (χ4n) is 2.27. The molecule has 0 amide bonds. The van der Waals surface area contributed by atoms with Gasteiger partial charge in [-0.25, -0.2) is 0 Å². The second-order valence-electron chi connectivity index (χ2n) is 5.03. The van der Waals surface area contributed by atoms with E-state index in [4.69, 9.17) is 0 Å². The summed E-state index contributed by atoms with van der Waals surface area (Å²) in [5, 5.41) is 3.21. The largest absolute Gasteiger partial charge is 0.341 e. The maximum Gasteiger partial charge on any atom is 0.0597 e. The smallest absolute Gasteiger partial charge is 0.0597 e. The predicted molar refractivity (Wildman–Crippen MR) is 85.6 cm³/mol. The molecule has 1 N–H and O–H groups in total. The maximum absolute atomic E-state index is 4.56. The Balaban J connectivity index is 2.28. The highest BCUT2D eigenvalue weighted by molar-refractivity contribution is 5.63. The molecule has 1 unspecified atom stereocenters. The van der Waals surface area contributed by atoms with E-state index in [0.29, 0.717) is 0 Å². The van der Waals surface area contributed by atoms with E-state index in [2.05, 4.69) is 72.4 Å². The van der Waals surface area contributed by atoms with Crippen LogP contribution in [0.5, 0.6) is 0 Å². The van der Waals surface area contributed by atoms with E-state index in [1.165, 1.54) is 11.3 Å². The van der Waals surface area contributed by atoms with E-state index < -0.39 is 0 Å². The normalized spacial score (nSPS) is 12.2. The van der Waals surface area contributed by atoms with Crippen LogP contribution in [-0.4, -0.2) is 18.6 Å². The Labute approximate surface area is 121 Å². The third-order valence-corrected chi connectivity index (χ3v) is 3.59. The Kier molecular flexibility index (Phi) is 4.74. The van der Waals surface area contributed by atoms with Crippen LogP contribution >= 0.6 is 0 Å². The number of aromatic nitrogens is 1. The van der Waals surface area contributed by atoms with E-state index in [1.54, 1.807) is 0 Å². The predicted octanol–water partition coefficient (Wildman–Crippen LogP) is 3.83. The van der Waals surface area contributed by atoms with Crippen molar-refractivity contribution >= 4 is 11.4 Å². The lowest BCUT2D eigenvalue weighted by atomic mass is 10.2. The van der Waals surface area contributed by atoms with Gasteiger partial charge in [0.1, 0.15) is 0 Å². The second-order valence-corrected chi connectivity index (χ2v) is 5.03. The molecule has 106 valence electrons. The fourth-order valence-corrected chi connectivity index (χ4v) is 2.27. The van der Waals surface area contributed by atoms with Crippen molar-refractivity contribution in [3.8, 4) is 0 Å². The molecule has 1 aromatic carbocycles. The van der Waals surface area contributed by atoms with E-state index >= 15 is 0 Å². The highest BCUT2D eigenvalue weighted by atomic mass is 15.1. The molecular formula is C17H23N3. The minimum absolute atomic E-state index is 0.276. The zero-order valence-corrected chi connectivity index (χ0v) is 12.7. The fraction of sp³-hybridized carbons (Fsp3) is 0.353. The van der Waals surface area contributed by atoms with E-state index in [-0.39, 0.29) is 6.04 Å². The van der Waals surface area contributed by atoms with Gasteiger partial charge in [0.15, 0.2) is 0 Å². The number of benzene rings is 1. The minimum atomic E-state index is 0.276. The molecule has 3 nitrogen and oxygen atoms in total. The van der Waals surface area contributed by atoms with Crippen molar-refractivity contribution in [1.82, 2.24) is 10.3 Å². The molecule has 0 bridgehead atoms. The standard InChI is InChI=1S/C17H23N3/c1-5-20(15-8-6-7-13(2)11-15)16-9-10-17(19-12-16)14(3)18-4/h6-12,14,18H,5H2,1-4H3. The number of pyridine rings is 1. The number of anilines is 2. The van der Waals surface area contributed by atoms with Crippen molar-refractivity contribution in [3.63, 3.8) is 0 Å². The van der Waals surface area contributed by atoms with Crippen LogP contribution in [0.15, 0.2) is 42.6 Å². The first-order valence-electron chi connectivity index (χ1n) is 7.13. The van der Waals surface area contributed by atoms with E-state index in [0.717, 1.165) is 17.9 Å². The Morgan fingerprint density at radius 1 is 1.20 bits per heavy atom. The molecule has 0 saturated carbocycles. The van der Waals surface area contributed by atoms with Crippen LogP contribution in [0.1, 0.15) is 31.1 Å². The van der Waals surface area contributed by atoms with Gasteiger partial charge in [-0.3, -0.25) is 4.98 Å². The Morgan fingerprint density at radius 3 is 2.55 bits per heavy atom. The summed E-state index contributed by atoms with van der Waals surface area (Å²) in [7, 11) is 1.95. The summed E-state index contributed by atoms with van der Waals surface area (Å²) in [4.78, 5) is 6.83. The van der Waals surface area contributed by atoms with Crippen molar-refractivity contribution in [2.24, 2.45) is 0 Å². The van der Waals surface area contributed by atoms with Gasteiger partial charge in [0, 0.05) is 18.3 Å². The summed E-state index contributed by atoms with van der Waals surface area (Å²) in [5.74, 6) is 0. The third-order valence-electron chi connectivity index (χ3n) is 3.59. The van der Waals surface area contributed by atoms with Crippen molar-refractivity contribution in [2.75, 3.05) is 18.5 Å². The van der Waals surface area contributed by atoms with Crippen LogP contribution in [0.2, 0.25) is 0 Å². The molecule has 1 atom stereocenters. The van der Waals surface area contributed by atoms with Gasteiger partial charge >= 0.3 is 0 Å². The molecule has 1 aromatic heterocycles. The quantitative estimate of drug-likeness (QED) is 0.894.